The van der Waals surface area contributed by atoms with Crippen molar-refractivity contribution in [2.24, 2.45) is 0 Å². The fourth-order valence-corrected chi connectivity index (χ4v) is 3.06. The van der Waals surface area contributed by atoms with Crippen LogP contribution in [0.2, 0.25) is 0 Å². The summed E-state index contributed by atoms with van der Waals surface area (Å²) in [4.78, 5) is 10.4. The van der Waals surface area contributed by atoms with E-state index in [-0.39, 0.29) is 0 Å². The molecule has 0 saturated carbocycles. The molecule has 3 aromatic rings. The SMILES string of the molecule is Cc1nc2c(N3CCC3)cc(-c3c(C)noc3C)cc2[nH]1. The number of nitrogens with one attached hydrogen (secondary N) is 1. The molecule has 1 aliphatic heterocycles. The zero-order chi connectivity index (χ0) is 14.6. The summed E-state index contributed by atoms with van der Waals surface area (Å²) in [5.41, 5.74) is 6.50. The van der Waals surface area contributed by atoms with Crippen LogP contribution in [0.25, 0.3) is 22.2 Å². The van der Waals surface area contributed by atoms with Crippen LogP contribution in [0.4, 0.5) is 5.69 Å². The van der Waals surface area contributed by atoms with Gasteiger partial charge in [-0.1, -0.05) is 5.16 Å². The average Bonchev–Trinajstić information content (AvgIpc) is 2.89. The highest BCUT2D eigenvalue weighted by molar-refractivity contribution is 5.94. The van der Waals surface area contributed by atoms with Gasteiger partial charge in [0.15, 0.2) is 0 Å². The lowest BCUT2D eigenvalue weighted by Gasteiger charge is -2.33. The minimum absolute atomic E-state index is 0.859. The van der Waals surface area contributed by atoms with Gasteiger partial charge >= 0.3 is 0 Å². The predicted octanol–water partition coefficient (Wildman–Crippen LogP) is 3.35. The number of hydrogen-bond donors (Lipinski definition) is 1. The first kappa shape index (κ1) is 12.4. The van der Waals surface area contributed by atoms with Gasteiger partial charge in [0.1, 0.15) is 17.1 Å². The molecular weight excluding hydrogens is 264 g/mol. The molecule has 21 heavy (non-hydrogen) atoms. The Balaban J connectivity index is 1.98. The van der Waals surface area contributed by atoms with E-state index in [1.165, 1.54) is 12.1 Å². The molecule has 4 rings (SSSR count). The number of fused-ring (bicyclic) bond motifs is 1. The molecule has 0 amide bonds. The average molecular weight is 282 g/mol. The number of aryl methyl sites for hydroxylation is 3. The molecule has 5 heteroatoms. The van der Waals surface area contributed by atoms with Gasteiger partial charge in [0.2, 0.25) is 0 Å². The van der Waals surface area contributed by atoms with Crippen molar-refractivity contribution in [3.05, 3.63) is 29.4 Å². The molecule has 0 aliphatic carbocycles. The highest BCUT2D eigenvalue weighted by Crippen LogP contribution is 2.36. The van der Waals surface area contributed by atoms with Crippen molar-refractivity contribution in [3.63, 3.8) is 0 Å². The number of aromatic nitrogens is 3. The number of aromatic amines is 1. The molecule has 0 atom stereocenters. The maximum atomic E-state index is 5.32. The molecule has 2 aromatic heterocycles. The second-order valence-corrected chi connectivity index (χ2v) is 5.75. The number of nitrogens with zero attached hydrogens (tertiary/aromatic N) is 3. The highest BCUT2D eigenvalue weighted by atomic mass is 16.5. The largest absolute Gasteiger partial charge is 0.370 e. The molecule has 1 aromatic carbocycles. The van der Waals surface area contributed by atoms with Gasteiger partial charge < -0.3 is 14.4 Å². The molecule has 0 unspecified atom stereocenters. The first-order chi connectivity index (χ1) is 10.1. The number of rotatable bonds is 2. The second-order valence-electron chi connectivity index (χ2n) is 5.75. The van der Waals surface area contributed by atoms with Gasteiger partial charge in [-0.15, -0.1) is 0 Å². The van der Waals surface area contributed by atoms with E-state index in [0.29, 0.717) is 0 Å². The standard InChI is InChI=1S/C16H18N4O/c1-9-15(10(2)21-19-9)12-7-13-16(18-11(3)17-13)14(8-12)20-5-4-6-20/h7-8H,4-6H2,1-3H3,(H,17,18). The molecule has 108 valence electrons. The summed E-state index contributed by atoms with van der Waals surface area (Å²) in [7, 11) is 0. The normalized spacial score (nSPS) is 14.7. The lowest BCUT2D eigenvalue weighted by Crippen LogP contribution is -2.37. The lowest BCUT2D eigenvalue weighted by molar-refractivity contribution is 0.393. The molecule has 1 fully saturated rings. The van der Waals surface area contributed by atoms with Crippen LogP contribution in [-0.2, 0) is 0 Å². The van der Waals surface area contributed by atoms with Crippen LogP contribution < -0.4 is 4.90 Å². The molecule has 0 bridgehead atoms. The Labute approximate surface area is 123 Å². The third kappa shape index (κ3) is 1.84. The molecule has 0 radical (unpaired) electrons. The van der Waals surface area contributed by atoms with Crippen molar-refractivity contribution in [2.75, 3.05) is 18.0 Å². The monoisotopic (exact) mass is 282 g/mol. The van der Waals surface area contributed by atoms with Crippen molar-refractivity contribution in [3.8, 4) is 11.1 Å². The summed E-state index contributed by atoms with van der Waals surface area (Å²) in [5, 5.41) is 4.07. The third-order valence-electron chi connectivity index (χ3n) is 4.20. The number of H-pyrrole nitrogens is 1. The smallest absolute Gasteiger partial charge is 0.141 e. The lowest BCUT2D eigenvalue weighted by atomic mass is 10.0. The maximum Gasteiger partial charge on any atom is 0.141 e. The van der Waals surface area contributed by atoms with Gasteiger partial charge in [-0.25, -0.2) is 4.98 Å². The van der Waals surface area contributed by atoms with Crippen LogP contribution in [-0.4, -0.2) is 28.2 Å². The highest BCUT2D eigenvalue weighted by Gasteiger charge is 2.21. The summed E-state index contributed by atoms with van der Waals surface area (Å²) in [6, 6.07) is 4.36. The van der Waals surface area contributed by atoms with Crippen molar-refractivity contribution in [1.82, 2.24) is 15.1 Å². The summed E-state index contributed by atoms with van der Waals surface area (Å²) >= 11 is 0. The van der Waals surface area contributed by atoms with Crippen LogP contribution in [0.5, 0.6) is 0 Å². The molecule has 5 nitrogen and oxygen atoms in total. The predicted molar refractivity (Wildman–Crippen MR) is 82.6 cm³/mol. The Morgan fingerprint density at radius 2 is 2.00 bits per heavy atom. The summed E-state index contributed by atoms with van der Waals surface area (Å²) < 4.78 is 5.32. The van der Waals surface area contributed by atoms with Crippen LogP contribution in [0.1, 0.15) is 23.7 Å². The fraction of sp³-hybridized carbons (Fsp3) is 0.375. The van der Waals surface area contributed by atoms with Crippen molar-refractivity contribution < 1.29 is 4.52 Å². The van der Waals surface area contributed by atoms with Gasteiger partial charge in [-0.3, -0.25) is 0 Å². The minimum Gasteiger partial charge on any atom is -0.370 e. The fourth-order valence-electron chi connectivity index (χ4n) is 3.06. The van der Waals surface area contributed by atoms with Crippen molar-refractivity contribution in [1.29, 1.82) is 0 Å². The third-order valence-corrected chi connectivity index (χ3v) is 4.20. The van der Waals surface area contributed by atoms with Crippen LogP contribution in [0.15, 0.2) is 16.7 Å². The topological polar surface area (TPSA) is 58.0 Å². The molecule has 1 aliphatic rings. The Morgan fingerprint density at radius 3 is 2.62 bits per heavy atom. The zero-order valence-electron chi connectivity index (χ0n) is 12.5. The first-order valence-corrected chi connectivity index (χ1v) is 7.32. The van der Waals surface area contributed by atoms with E-state index in [0.717, 1.165) is 52.5 Å². The molecule has 1 N–H and O–H groups in total. The van der Waals surface area contributed by atoms with E-state index in [4.69, 9.17) is 4.52 Å². The van der Waals surface area contributed by atoms with Crippen LogP contribution in [0.3, 0.4) is 0 Å². The van der Waals surface area contributed by atoms with E-state index in [1.54, 1.807) is 0 Å². The van der Waals surface area contributed by atoms with Gasteiger partial charge in [0.05, 0.1) is 16.9 Å². The molecular formula is C16H18N4O. The quantitative estimate of drug-likeness (QED) is 0.783. The van der Waals surface area contributed by atoms with Gasteiger partial charge in [-0.05, 0) is 44.9 Å². The van der Waals surface area contributed by atoms with Gasteiger partial charge in [0.25, 0.3) is 0 Å². The van der Waals surface area contributed by atoms with Crippen LogP contribution >= 0.6 is 0 Å². The van der Waals surface area contributed by atoms with Crippen LogP contribution in [0, 0.1) is 20.8 Å². The number of hydrogen-bond acceptors (Lipinski definition) is 4. The van der Waals surface area contributed by atoms with Gasteiger partial charge in [0, 0.05) is 18.7 Å². The van der Waals surface area contributed by atoms with E-state index in [9.17, 15) is 0 Å². The second kappa shape index (κ2) is 4.35. The Bertz CT molecular complexity index is 807. The summed E-state index contributed by atoms with van der Waals surface area (Å²) in [5.74, 6) is 1.81. The number of anilines is 1. The molecule has 0 spiro atoms. The van der Waals surface area contributed by atoms with Gasteiger partial charge in [-0.2, -0.15) is 0 Å². The van der Waals surface area contributed by atoms with E-state index < -0.39 is 0 Å². The summed E-state index contributed by atoms with van der Waals surface area (Å²) in [6.45, 7) is 8.15. The first-order valence-electron chi connectivity index (χ1n) is 7.32. The van der Waals surface area contributed by atoms with E-state index in [1.807, 2.05) is 20.8 Å². The summed E-state index contributed by atoms with van der Waals surface area (Å²) in [6.07, 6.45) is 1.25. The molecule has 1 saturated heterocycles. The number of imidazole rings is 1. The zero-order valence-corrected chi connectivity index (χ0v) is 12.5. The Kier molecular flexibility index (Phi) is 2.58. The Morgan fingerprint density at radius 1 is 1.19 bits per heavy atom. The molecule has 3 heterocycles. The Hall–Kier alpha value is -2.30. The van der Waals surface area contributed by atoms with Crippen molar-refractivity contribution in [2.45, 2.75) is 27.2 Å². The van der Waals surface area contributed by atoms with Crippen molar-refractivity contribution >= 4 is 16.7 Å². The number of benzene rings is 1. The van der Waals surface area contributed by atoms with E-state index in [2.05, 4.69) is 32.2 Å². The van der Waals surface area contributed by atoms with E-state index >= 15 is 0 Å². The minimum atomic E-state index is 0.859. The maximum absolute atomic E-state index is 5.32.